The van der Waals surface area contributed by atoms with Gasteiger partial charge < -0.3 is 25.2 Å². The van der Waals surface area contributed by atoms with Crippen LogP contribution in [0.15, 0.2) is 78.5 Å². The Morgan fingerprint density at radius 2 is 1.71 bits per heavy atom. The molecule has 0 aliphatic heterocycles. The summed E-state index contributed by atoms with van der Waals surface area (Å²) in [6, 6.07) is 19.9. The molecule has 3 N–H and O–H groups in total. The Balaban J connectivity index is 1.94. The number of rotatable bonds is 8. The van der Waals surface area contributed by atoms with Crippen LogP contribution in [0.5, 0.6) is 11.5 Å². The zero-order valence-corrected chi connectivity index (χ0v) is 18.7. The van der Waals surface area contributed by atoms with Crippen LogP contribution in [0.1, 0.15) is 28.4 Å². The molecular formula is C26H24N2O6. The van der Waals surface area contributed by atoms with Crippen molar-refractivity contribution in [3.05, 3.63) is 95.2 Å². The lowest BCUT2D eigenvalue weighted by Crippen LogP contribution is -2.30. The summed E-state index contributed by atoms with van der Waals surface area (Å²) >= 11 is 0. The van der Waals surface area contributed by atoms with Crippen molar-refractivity contribution in [2.75, 3.05) is 12.4 Å². The summed E-state index contributed by atoms with van der Waals surface area (Å²) in [5.41, 5.74) is 1.97. The lowest BCUT2D eigenvalue weighted by Gasteiger charge is -2.13. The van der Waals surface area contributed by atoms with Gasteiger partial charge in [0.05, 0.1) is 13.7 Å². The topological polar surface area (TPSA) is 114 Å². The lowest BCUT2D eigenvalue weighted by atomic mass is 10.1. The SMILES string of the molecule is COc1cc(/C=C(\NC(=O)c2ccccc2)C(=O)Nc2cccc(CO)c2)ccc1OC(C)=O. The van der Waals surface area contributed by atoms with Crippen molar-refractivity contribution in [3.8, 4) is 11.5 Å². The van der Waals surface area contributed by atoms with Gasteiger partial charge in [-0.25, -0.2) is 0 Å². The summed E-state index contributed by atoms with van der Waals surface area (Å²) in [5, 5.41) is 14.7. The highest BCUT2D eigenvalue weighted by molar-refractivity contribution is 6.10. The van der Waals surface area contributed by atoms with Crippen LogP contribution in [0.25, 0.3) is 6.08 Å². The third kappa shape index (κ3) is 6.54. The molecule has 0 saturated carbocycles. The lowest BCUT2D eigenvalue weighted by molar-refractivity contribution is -0.132. The first-order valence-corrected chi connectivity index (χ1v) is 10.4. The predicted molar refractivity (Wildman–Crippen MR) is 127 cm³/mol. The number of methoxy groups -OCH3 is 1. The zero-order chi connectivity index (χ0) is 24.5. The van der Waals surface area contributed by atoms with Crippen molar-refractivity contribution >= 4 is 29.5 Å². The van der Waals surface area contributed by atoms with Crippen LogP contribution >= 0.6 is 0 Å². The number of hydrogen-bond acceptors (Lipinski definition) is 6. The van der Waals surface area contributed by atoms with Crippen molar-refractivity contribution in [2.24, 2.45) is 0 Å². The van der Waals surface area contributed by atoms with Crippen LogP contribution in [-0.4, -0.2) is 30.0 Å². The zero-order valence-electron chi connectivity index (χ0n) is 18.7. The highest BCUT2D eigenvalue weighted by Crippen LogP contribution is 2.29. The van der Waals surface area contributed by atoms with E-state index in [4.69, 9.17) is 9.47 Å². The summed E-state index contributed by atoms with van der Waals surface area (Å²) in [7, 11) is 1.43. The van der Waals surface area contributed by atoms with Crippen LogP contribution in [0.2, 0.25) is 0 Å². The third-order valence-electron chi connectivity index (χ3n) is 4.65. The van der Waals surface area contributed by atoms with Gasteiger partial charge in [-0.05, 0) is 53.6 Å². The third-order valence-corrected chi connectivity index (χ3v) is 4.65. The summed E-state index contributed by atoms with van der Waals surface area (Å²) in [5.74, 6) is -1.01. The highest BCUT2D eigenvalue weighted by Gasteiger charge is 2.16. The number of carbonyl (C=O) groups excluding carboxylic acids is 3. The maximum Gasteiger partial charge on any atom is 0.308 e. The van der Waals surface area contributed by atoms with Gasteiger partial charge in [0.15, 0.2) is 11.5 Å². The molecule has 2 amide bonds. The highest BCUT2D eigenvalue weighted by atomic mass is 16.6. The van der Waals surface area contributed by atoms with Gasteiger partial charge >= 0.3 is 5.97 Å². The van der Waals surface area contributed by atoms with Crippen molar-refractivity contribution in [2.45, 2.75) is 13.5 Å². The van der Waals surface area contributed by atoms with E-state index >= 15 is 0 Å². The van der Waals surface area contributed by atoms with Gasteiger partial charge in [0, 0.05) is 18.2 Å². The van der Waals surface area contributed by atoms with Crippen LogP contribution in [0, 0.1) is 0 Å². The van der Waals surface area contributed by atoms with E-state index in [0.717, 1.165) is 0 Å². The monoisotopic (exact) mass is 460 g/mol. The number of benzene rings is 3. The van der Waals surface area contributed by atoms with Gasteiger partial charge in [-0.15, -0.1) is 0 Å². The van der Waals surface area contributed by atoms with E-state index in [-0.39, 0.29) is 23.8 Å². The summed E-state index contributed by atoms with van der Waals surface area (Å²) in [4.78, 5) is 37.1. The molecule has 3 aromatic carbocycles. The Morgan fingerprint density at radius 1 is 0.941 bits per heavy atom. The minimum Gasteiger partial charge on any atom is -0.493 e. The fourth-order valence-electron chi connectivity index (χ4n) is 3.07. The van der Waals surface area contributed by atoms with Gasteiger partial charge in [0.2, 0.25) is 0 Å². The molecule has 0 aliphatic rings. The quantitative estimate of drug-likeness (QED) is 0.269. The maximum atomic E-state index is 13.1. The maximum absolute atomic E-state index is 13.1. The van der Waals surface area contributed by atoms with Gasteiger partial charge in [-0.3, -0.25) is 14.4 Å². The Morgan fingerprint density at radius 3 is 2.38 bits per heavy atom. The van der Waals surface area contributed by atoms with Gasteiger partial charge in [-0.1, -0.05) is 36.4 Å². The molecule has 174 valence electrons. The molecule has 34 heavy (non-hydrogen) atoms. The molecule has 0 radical (unpaired) electrons. The molecule has 0 spiro atoms. The number of aliphatic hydroxyl groups excluding tert-OH is 1. The predicted octanol–water partition coefficient (Wildman–Crippen LogP) is 3.52. The molecule has 0 saturated heterocycles. The van der Waals surface area contributed by atoms with E-state index in [2.05, 4.69) is 10.6 Å². The Bertz CT molecular complexity index is 1220. The largest absolute Gasteiger partial charge is 0.493 e. The molecule has 0 unspecified atom stereocenters. The first-order valence-electron chi connectivity index (χ1n) is 10.4. The van der Waals surface area contributed by atoms with E-state index < -0.39 is 17.8 Å². The number of anilines is 1. The summed E-state index contributed by atoms with van der Waals surface area (Å²) in [6.45, 7) is 1.10. The molecule has 8 heteroatoms. The first-order chi connectivity index (χ1) is 16.4. The van der Waals surface area contributed by atoms with Crippen molar-refractivity contribution in [3.63, 3.8) is 0 Å². The molecule has 0 bridgehead atoms. The minimum absolute atomic E-state index is 0.0226. The number of carbonyl (C=O) groups is 3. The van der Waals surface area contributed by atoms with Crippen molar-refractivity contribution in [1.29, 1.82) is 0 Å². The molecule has 8 nitrogen and oxygen atoms in total. The van der Waals surface area contributed by atoms with Crippen molar-refractivity contribution < 1.29 is 29.0 Å². The molecule has 0 heterocycles. The number of nitrogens with one attached hydrogen (secondary N) is 2. The Labute approximate surface area is 196 Å². The number of hydrogen-bond donors (Lipinski definition) is 3. The van der Waals surface area contributed by atoms with Gasteiger partial charge in [0.25, 0.3) is 11.8 Å². The average molecular weight is 460 g/mol. The molecular weight excluding hydrogens is 436 g/mol. The molecule has 0 aliphatic carbocycles. The summed E-state index contributed by atoms with van der Waals surface area (Å²) < 4.78 is 10.4. The number of amides is 2. The van der Waals surface area contributed by atoms with Crippen LogP contribution in [-0.2, 0) is 16.2 Å². The Hall–Kier alpha value is -4.43. The number of esters is 1. The fourth-order valence-corrected chi connectivity index (χ4v) is 3.07. The standard InChI is InChI=1S/C26H24N2O6/c1-17(30)34-23-12-11-18(15-24(23)33-2)14-22(28-25(31)20-8-4-3-5-9-20)26(32)27-21-10-6-7-19(13-21)16-29/h3-15,29H,16H2,1-2H3,(H,27,32)(H,28,31)/b22-14-. The van der Waals surface area contributed by atoms with Crippen LogP contribution in [0.3, 0.4) is 0 Å². The van der Waals surface area contributed by atoms with E-state index in [9.17, 15) is 19.5 Å². The second kappa shape index (κ2) is 11.4. The summed E-state index contributed by atoms with van der Waals surface area (Å²) in [6.07, 6.45) is 1.48. The number of aliphatic hydroxyl groups is 1. The fraction of sp³-hybridized carbons (Fsp3) is 0.115. The number of ether oxygens (including phenoxy) is 2. The molecule has 0 atom stereocenters. The Kier molecular flexibility index (Phi) is 8.15. The van der Waals surface area contributed by atoms with Crippen LogP contribution in [0.4, 0.5) is 5.69 Å². The normalized spacial score (nSPS) is 10.9. The van der Waals surface area contributed by atoms with E-state index in [1.54, 1.807) is 66.7 Å². The molecule has 3 rings (SSSR count). The molecule has 0 fully saturated rings. The van der Waals surface area contributed by atoms with E-state index in [0.29, 0.717) is 22.4 Å². The van der Waals surface area contributed by atoms with Crippen molar-refractivity contribution in [1.82, 2.24) is 5.32 Å². The smallest absolute Gasteiger partial charge is 0.308 e. The second-order valence-corrected chi connectivity index (χ2v) is 7.19. The van der Waals surface area contributed by atoms with E-state index in [1.165, 1.54) is 26.2 Å². The second-order valence-electron chi connectivity index (χ2n) is 7.19. The first kappa shape index (κ1) is 24.2. The minimum atomic E-state index is -0.567. The average Bonchev–Trinajstić information content (AvgIpc) is 2.84. The molecule has 0 aromatic heterocycles. The van der Waals surface area contributed by atoms with E-state index in [1.807, 2.05) is 0 Å². The van der Waals surface area contributed by atoms with Gasteiger partial charge in [0.1, 0.15) is 5.70 Å². The van der Waals surface area contributed by atoms with Gasteiger partial charge in [-0.2, -0.15) is 0 Å². The molecule has 3 aromatic rings. The van der Waals surface area contributed by atoms with Crippen LogP contribution < -0.4 is 20.1 Å².